The molecule has 2 saturated carbocycles. The Kier molecular flexibility index (Phi) is 5.27. The number of Topliss-reactive ketones (excluding diaryl/α,β-unsaturated/α-hetero) is 1. The Labute approximate surface area is 190 Å². The summed E-state index contributed by atoms with van der Waals surface area (Å²) in [7, 11) is 0. The third-order valence-electron chi connectivity index (χ3n) is 6.49. The van der Waals surface area contributed by atoms with Gasteiger partial charge in [0.15, 0.2) is 11.6 Å². The van der Waals surface area contributed by atoms with Gasteiger partial charge in [0.25, 0.3) is 0 Å². The van der Waals surface area contributed by atoms with E-state index in [4.69, 9.17) is 23.2 Å². The molecule has 0 atom stereocenters. The second-order valence-corrected chi connectivity index (χ2v) is 9.60. The van der Waals surface area contributed by atoms with Crippen LogP contribution in [-0.4, -0.2) is 20.1 Å². The monoisotopic (exact) mass is 455 g/mol. The first-order chi connectivity index (χ1) is 14.9. The van der Waals surface area contributed by atoms with Gasteiger partial charge in [-0.2, -0.15) is 0 Å². The van der Waals surface area contributed by atoms with Crippen LogP contribution in [0.3, 0.4) is 0 Å². The van der Waals surface area contributed by atoms with Gasteiger partial charge in [-0.25, -0.2) is 9.48 Å². The van der Waals surface area contributed by atoms with E-state index in [1.807, 2.05) is 36.4 Å². The molecule has 2 aromatic carbocycles. The van der Waals surface area contributed by atoms with Crippen molar-refractivity contribution in [2.24, 2.45) is 0 Å². The zero-order chi connectivity index (χ0) is 21.6. The second kappa shape index (κ2) is 7.95. The van der Waals surface area contributed by atoms with Crippen molar-refractivity contribution >= 4 is 29.0 Å². The molecule has 3 aromatic rings. The van der Waals surface area contributed by atoms with Gasteiger partial charge in [-0.1, -0.05) is 41.8 Å². The van der Waals surface area contributed by atoms with Gasteiger partial charge in [0.2, 0.25) is 0 Å². The Hall–Kier alpha value is -2.37. The number of benzene rings is 2. The Morgan fingerprint density at radius 3 is 2.42 bits per heavy atom. The van der Waals surface area contributed by atoms with Crippen LogP contribution in [0.2, 0.25) is 10.0 Å². The second-order valence-electron chi connectivity index (χ2n) is 8.73. The van der Waals surface area contributed by atoms with Gasteiger partial charge < -0.3 is 0 Å². The van der Waals surface area contributed by atoms with Gasteiger partial charge in [0, 0.05) is 33.5 Å². The van der Waals surface area contributed by atoms with E-state index in [-0.39, 0.29) is 29.5 Å². The third kappa shape index (κ3) is 3.97. The maximum absolute atomic E-state index is 13.1. The molecular formula is C24H23Cl2N3O2. The van der Waals surface area contributed by atoms with Gasteiger partial charge in [-0.3, -0.25) is 9.36 Å². The summed E-state index contributed by atoms with van der Waals surface area (Å²) in [6, 6.07) is 15.2. The van der Waals surface area contributed by atoms with Crippen molar-refractivity contribution in [1.29, 1.82) is 0 Å². The molecule has 1 heterocycles. The summed E-state index contributed by atoms with van der Waals surface area (Å²) < 4.78 is 3.06. The first-order valence-electron chi connectivity index (χ1n) is 10.7. The molecule has 5 nitrogen and oxygen atoms in total. The van der Waals surface area contributed by atoms with E-state index in [2.05, 4.69) is 5.10 Å². The Balaban J connectivity index is 1.41. The molecule has 160 valence electrons. The highest BCUT2D eigenvalue weighted by molar-refractivity contribution is 6.30. The summed E-state index contributed by atoms with van der Waals surface area (Å²) in [6.45, 7) is -0.0124. The maximum Gasteiger partial charge on any atom is 0.346 e. The van der Waals surface area contributed by atoms with E-state index in [1.54, 1.807) is 16.7 Å². The smallest absolute Gasteiger partial charge is 0.298 e. The largest absolute Gasteiger partial charge is 0.346 e. The summed E-state index contributed by atoms with van der Waals surface area (Å²) in [4.78, 5) is 26.1. The number of rotatable bonds is 7. The van der Waals surface area contributed by atoms with E-state index in [0.29, 0.717) is 22.3 Å². The lowest BCUT2D eigenvalue weighted by atomic mass is 9.62. The van der Waals surface area contributed by atoms with Crippen LogP contribution in [0.1, 0.15) is 50.1 Å². The predicted octanol–water partition coefficient (Wildman–Crippen LogP) is 5.43. The van der Waals surface area contributed by atoms with Gasteiger partial charge in [0.05, 0.1) is 0 Å². The highest BCUT2D eigenvalue weighted by Crippen LogP contribution is 2.47. The fourth-order valence-electron chi connectivity index (χ4n) is 4.57. The number of halogens is 2. The van der Waals surface area contributed by atoms with Crippen LogP contribution in [-0.2, 0) is 16.8 Å². The average molecular weight is 456 g/mol. The quantitative estimate of drug-likeness (QED) is 0.476. The SMILES string of the molecule is O=C(Cn1nc(-c2ccc(Cl)cc2)n(C2CC2)c1=O)CC1(c2cccc(Cl)c2)CCC1. The van der Waals surface area contributed by atoms with Crippen LogP contribution in [0.25, 0.3) is 11.4 Å². The number of carbonyl (C=O) groups excluding carboxylic acids is 1. The number of hydrogen-bond acceptors (Lipinski definition) is 3. The van der Waals surface area contributed by atoms with Crippen molar-refractivity contribution in [2.45, 2.75) is 56.5 Å². The predicted molar refractivity (Wildman–Crippen MR) is 122 cm³/mol. The van der Waals surface area contributed by atoms with E-state index < -0.39 is 0 Å². The molecule has 31 heavy (non-hydrogen) atoms. The molecule has 1 aromatic heterocycles. The summed E-state index contributed by atoms with van der Waals surface area (Å²) in [5.41, 5.74) is 1.54. The molecule has 0 radical (unpaired) electrons. The molecule has 2 aliphatic rings. The minimum atomic E-state index is -0.216. The molecule has 5 rings (SSSR count). The summed E-state index contributed by atoms with van der Waals surface area (Å²) >= 11 is 12.2. The fraction of sp³-hybridized carbons (Fsp3) is 0.375. The zero-order valence-electron chi connectivity index (χ0n) is 17.1. The molecule has 0 amide bonds. The van der Waals surface area contributed by atoms with Crippen molar-refractivity contribution in [3.63, 3.8) is 0 Å². The highest BCUT2D eigenvalue weighted by Gasteiger charge is 2.40. The summed E-state index contributed by atoms with van der Waals surface area (Å²) in [5, 5.41) is 5.87. The Morgan fingerprint density at radius 2 is 1.81 bits per heavy atom. The van der Waals surface area contributed by atoms with Gasteiger partial charge >= 0.3 is 5.69 Å². The van der Waals surface area contributed by atoms with Crippen LogP contribution < -0.4 is 5.69 Å². The van der Waals surface area contributed by atoms with Crippen molar-refractivity contribution < 1.29 is 4.79 Å². The highest BCUT2D eigenvalue weighted by atomic mass is 35.5. The topological polar surface area (TPSA) is 56.9 Å². The van der Waals surface area contributed by atoms with E-state index in [0.717, 1.165) is 43.2 Å². The van der Waals surface area contributed by atoms with Crippen LogP contribution in [0.15, 0.2) is 53.3 Å². The molecule has 0 unspecified atom stereocenters. The van der Waals surface area contributed by atoms with E-state index >= 15 is 0 Å². The molecule has 0 N–H and O–H groups in total. The number of ketones is 1. The Bertz CT molecular complexity index is 1190. The Morgan fingerprint density at radius 1 is 1.06 bits per heavy atom. The fourth-order valence-corrected chi connectivity index (χ4v) is 4.89. The van der Waals surface area contributed by atoms with Crippen molar-refractivity contribution in [2.75, 3.05) is 0 Å². The molecule has 2 fully saturated rings. The zero-order valence-corrected chi connectivity index (χ0v) is 18.6. The molecule has 0 saturated heterocycles. The van der Waals surface area contributed by atoms with Gasteiger partial charge in [-0.05, 0) is 67.6 Å². The summed E-state index contributed by atoms with van der Waals surface area (Å²) in [5.74, 6) is 0.620. The standard InChI is InChI=1S/C24H23Cl2N3O2/c25-18-7-5-16(6-8-18)22-27-28(23(31)29(22)20-9-10-20)15-21(30)14-24(11-2-12-24)17-3-1-4-19(26)13-17/h1,3-8,13,20H,2,9-12,14-15H2. The van der Waals surface area contributed by atoms with Crippen LogP contribution in [0, 0.1) is 0 Å². The van der Waals surface area contributed by atoms with Crippen LogP contribution >= 0.6 is 23.2 Å². The number of hydrogen-bond donors (Lipinski definition) is 0. The number of carbonyl (C=O) groups is 1. The maximum atomic E-state index is 13.1. The lowest BCUT2D eigenvalue weighted by molar-refractivity contribution is -0.122. The number of aromatic nitrogens is 3. The van der Waals surface area contributed by atoms with Gasteiger partial charge in [0.1, 0.15) is 6.54 Å². The lowest BCUT2D eigenvalue weighted by Crippen LogP contribution is -2.38. The first-order valence-corrected chi connectivity index (χ1v) is 11.4. The van der Waals surface area contributed by atoms with Crippen LogP contribution in [0.5, 0.6) is 0 Å². The van der Waals surface area contributed by atoms with Crippen molar-refractivity contribution in [3.05, 3.63) is 74.6 Å². The summed E-state index contributed by atoms with van der Waals surface area (Å²) in [6.07, 6.45) is 5.32. The lowest BCUT2D eigenvalue weighted by Gasteiger charge is -2.42. The van der Waals surface area contributed by atoms with Crippen molar-refractivity contribution in [3.8, 4) is 11.4 Å². The number of nitrogens with zero attached hydrogens (tertiary/aromatic N) is 3. The normalized spacial score (nSPS) is 17.4. The molecule has 0 aliphatic heterocycles. The molecule has 0 spiro atoms. The minimum absolute atomic E-state index is 0.0124. The van der Waals surface area contributed by atoms with E-state index in [9.17, 15) is 9.59 Å². The average Bonchev–Trinajstić information content (AvgIpc) is 3.50. The molecule has 7 heteroatoms. The first kappa shape index (κ1) is 20.5. The third-order valence-corrected chi connectivity index (χ3v) is 6.98. The molecule has 0 bridgehead atoms. The van der Waals surface area contributed by atoms with Gasteiger partial charge in [-0.15, -0.1) is 5.10 Å². The van der Waals surface area contributed by atoms with Crippen LogP contribution in [0.4, 0.5) is 0 Å². The van der Waals surface area contributed by atoms with E-state index in [1.165, 1.54) is 4.68 Å². The minimum Gasteiger partial charge on any atom is -0.298 e. The molecular weight excluding hydrogens is 433 g/mol. The van der Waals surface area contributed by atoms with Crippen molar-refractivity contribution in [1.82, 2.24) is 14.3 Å². The molecule has 2 aliphatic carbocycles.